The molecule has 9 heteroatoms. The van der Waals surface area contributed by atoms with E-state index in [-0.39, 0.29) is 18.2 Å². The maximum Gasteiger partial charge on any atom is 0.275 e. The maximum atomic E-state index is 11.3. The zero-order valence-corrected chi connectivity index (χ0v) is 12.9. The first-order valence-electron chi connectivity index (χ1n) is 5.67. The van der Waals surface area contributed by atoms with Crippen molar-refractivity contribution in [1.82, 2.24) is 5.43 Å². The van der Waals surface area contributed by atoms with Crippen LogP contribution in [0, 0.1) is 10.1 Å². The number of benzene rings is 1. The second-order valence-electron chi connectivity index (χ2n) is 3.93. The van der Waals surface area contributed by atoms with E-state index in [0.717, 1.165) is 4.88 Å². The van der Waals surface area contributed by atoms with Crippen molar-refractivity contribution in [3.8, 4) is 5.75 Å². The van der Waals surface area contributed by atoms with Crippen molar-refractivity contribution in [2.45, 2.75) is 6.61 Å². The molecule has 21 heavy (non-hydrogen) atoms. The average molecular weight is 372 g/mol. The summed E-state index contributed by atoms with van der Waals surface area (Å²) in [4.78, 5) is 22.9. The summed E-state index contributed by atoms with van der Waals surface area (Å²) < 4.78 is 6.06. The number of carbonyl (C=O) groups excluding carboxylic acids is 1. The lowest BCUT2D eigenvalue weighted by Crippen LogP contribution is -2.29. The topological polar surface area (TPSA) is 107 Å². The molecule has 0 saturated heterocycles. The number of amides is 1. The maximum absolute atomic E-state index is 11.3. The van der Waals surface area contributed by atoms with E-state index in [9.17, 15) is 14.9 Å². The molecule has 0 unspecified atom stereocenters. The number of thiophene rings is 1. The van der Waals surface area contributed by atoms with Crippen LogP contribution in [0.15, 0.2) is 34.8 Å². The van der Waals surface area contributed by atoms with Gasteiger partial charge in [0.1, 0.15) is 12.4 Å². The summed E-state index contributed by atoms with van der Waals surface area (Å²) in [5.74, 6) is 5.05. The lowest BCUT2D eigenvalue weighted by atomic mass is 10.3. The normalized spacial score (nSPS) is 10.2. The van der Waals surface area contributed by atoms with Crippen LogP contribution in [0.1, 0.15) is 14.5 Å². The summed E-state index contributed by atoms with van der Waals surface area (Å²) in [6, 6.07) is 7.73. The molecule has 3 N–H and O–H groups in total. The minimum Gasteiger partial charge on any atom is -0.488 e. The van der Waals surface area contributed by atoms with Crippen LogP contribution in [0.2, 0.25) is 0 Å². The first kappa shape index (κ1) is 15.4. The van der Waals surface area contributed by atoms with Gasteiger partial charge in [0, 0.05) is 15.4 Å². The number of nitrogens with zero attached hydrogens (tertiary/aromatic N) is 1. The fraction of sp³-hybridized carbons (Fsp3) is 0.0833. The summed E-state index contributed by atoms with van der Waals surface area (Å²) in [5.41, 5.74) is 1.98. The number of nitrogens with one attached hydrogen (secondary N) is 1. The Labute approximate surface area is 132 Å². The molecule has 0 aliphatic carbocycles. The zero-order chi connectivity index (χ0) is 15.4. The summed E-state index contributed by atoms with van der Waals surface area (Å²) in [5, 5.41) is 10.8. The van der Waals surface area contributed by atoms with Crippen LogP contribution in [0.3, 0.4) is 0 Å². The van der Waals surface area contributed by atoms with Gasteiger partial charge in [-0.15, -0.1) is 11.3 Å². The van der Waals surface area contributed by atoms with E-state index < -0.39 is 4.92 Å². The van der Waals surface area contributed by atoms with Crippen molar-refractivity contribution in [2.75, 3.05) is 0 Å². The smallest absolute Gasteiger partial charge is 0.275 e. The predicted molar refractivity (Wildman–Crippen MR) is 81.1 cm³/mol. The lowest BCUT2D eigenvalue weighted by molar-refractivity contribution is -0.385. The van der Waals surface area contributed by atoms with E-state index in [2.05, 4.69) is 15.9 Å². The molecule has 0 spiro atoms. The molecule has 110 valence electrons. The number of nitrogen functional groups attached to an aromatic ring is 1. The van der Waals surface area contributed by atoms with Crippen LogP contribution >= 0.6 is 27.3 Å². The SMILES string of the molecule is NNC(=O)c1ccc(COc2cc(Br)cc([N+](=O)[O-])c2)s1. The fourth-order valence-corrected chi connectivity index (χ4v) is 2.82. The molecule has 0 aliphatic rings. The summed E-state index contributed by atoms with van der Waals surface area (Å²) >= 11 is 4.43. The third-order valence-electron chi connectivity index (χ3n) is 2.46. The van der Waals surface area contributed by atoms with Crippen molar-refractivity contribution in [3.63, 3.8) is 0 Å². The number of nitro groups is 1. The monoisotopic (exact) mass is 371 g/mol. The number of carbonyl (C=O) groups is 1. The summed E-state index contributed by atoms with van der Waals surface area (Å²) in [6.07, 6.45) is 0. The molecule has 0 atom stereocenters. The molecule has 0 fully saturated rings. The molecule has 1 amide bonds. The van der Waals surface area contributed by atoms with Gasteiger partial charge in [-0.25, -0.2) is 5.84 Å². The molecule has 1 heterocycles. The third-order valence-corrected chi connectivity index (χ3v) is 3.98. The molecule has 0 aliphatic heterocycles. The predicted octanol–water partition coefficient (Wildman–Crippen LogP) is 2.60. The van der Waals surface area contributed by atoms with E-state index in [4.69, 9.17) is 10.6 Å². The fourth-order valence-electron chi connectivity index (χ4n) is 1.54. The Bertz CT molecular complexity index is 689. The van der Waals surface area contributed by atoms with Crippen LogP contribution in [-0.2, 0) is 6.61 Å². The number of hydrazine groups is 1. The molecule has 2 aromatic rings. The number of halogens is 1. The second-order valence-corrected chi connectivity index (χ2v) is 6.01. The minimum atomic E-state index is -0.494. The number of nitro benzene ring substituents is 1. The van der Waals surface area contributed by atoms with Crippen molar-refractivity contribution >= 4 is 38.9 Å². The Balaban J connectivity index is 2.07. The highest BCUT2D eigenvalue weighted by Gasteiger charge is 2.11. The van der Waals surface area contributed by atoms with Crippen LogP contribution in [-0.4, -0.2) is 10.8 Å². The number of hydrogen-bond donors (Lipinski definition) is 2. The van der Waals surface area contributed by atoms with Crippen LogP contribution in [0.25, 0.3) is 0 Å². The van der Waals surface area contributed by atoms with Gasteiger partial charge in [0.15, 0.2) is 0 Å². The Morgan fingerprint density at radius 2 is 2.19 bits per heavy atom. The average Bonchev–Trinajstić information content (AvgIpc) is 2.92. The van der Waals surface area contributed by atoms with Crippen molar-refractivity contribution in [1.29, 1.82) is 0 Å². The first-order valence-corrected chi connectivity index (χ1v) is 7.28. The van der Waals surface area contributed by atoms with Crippen LogP contribution in [0.5, 0.6) is 5.75 Å². The largest absolute Gasteiger partial charge is 0.488 e. The third kappa shape index (κ3) is 4.00. The molecule has 2 rings (SSSR count). The summed E-state index contributed by atoms with van der Waals surface area (Å²) in [6.45, 7) is 0.204. The quantitative estimate of drug-likeness (QED) is 0.363. The van der Waals surface area contributed by atoms with Gasteiger partial charge in [-0.05, 0) is 18.2 Å². The number of hydrogen-bond acceptors (Lipinski definition) is 6. The van der Waals surface area contributed by atoms with Crippen molar-refractivity contribution < 1.29 is 14.5 Å². The molecule has 0 saturated carbocycles. The second kappa shape index (κ2) is 6.66. The van der Waals surface area contributed by atoms with Gasteiger partial charge in [-0.3, -0.25) is 20.3 Å². The van der Waals surface area contributed by atoms with E-state index in [1.807, 2.05) is 5.43 Å². The molecule has 1 aromatic carbocycles. The van der Waals surface area contributed by atoms with Crippen LogP contribution in [0.4, 0.5) is 5.69 Å². The molecule has 7 nitrogen and oxygen atoms in total. The van der Waals surface area contributed by atoms with Gasteiger partial charge in [0.25, 0.3) is 11.6 Å². The molecular weight excluding hydrogens is 362 g/mol. The lowest BCUT2D eigenvalue weighted by Gasteiger charge is -2.05. The zero-order valence-electron chi connectivity index (χ0n) is 10.5. The first-order chi connectivity index (χ1) is 9.99. The highest BCUT2D eigenvalue weighted by Crippen LogP contribution is 2.27. The van der Waals surface area contributed by atoms with Crippen LogP contribution < -0.4 is 16.0 Å². The van der Waals surface area contributed by atoms with Crippen molar-refractivity contribution in [3.05, 3.63) is 54.7 Å². The highest BCUT2D eigenvalue weighted by molar-refractivity contribution is 9.10. The van der Waals surface area contributed by atoms with E-state index in [1.54, 1.807) is 18.2 Å². The Morgan fingerprint density at radius 1 is 1.43 bits per heavy atom. The van der Waals surface area contributed by atoms with E-state index in [1.165, 1.54) is 23.5 Å². The van der Waals surface area contributed by atoms with Gasteiger partial charge >= 0.3 is 0 Å². The van der Waals surface area contributed by atoms with E-state index >= 15 is 0 Å². The molecular formula is C12H10BrN3O4S. The minimum absolute atomic E-state index is 0.0613. The summed E-state index contributed by atoms with van der Waals surface area (Å²) in [7, 11) is 0. The van der Waals surface area contributed by atoms with E-state index in [0.29, 0.717) is 15.1 Å². The Morgan fingerprint density at radius 3 is 2.86 bits per heavy atom. The van der Waals surface area contributed by atoms with Crippen molar-refractivity contribution in [2.24, 2.45) is 5.84 Å². The standard InChI is InChI=1S/C12H10BrN3O4S/c13-7-3-8(16(18)19)5-9(4-7)20-6-10-1-2-11(21-10)12(17)15-14/h1-5H,6,14H2,(H,15,17). The van der Waals surface area contributed by atoms with Gasteiger partial charge in [-0.1, -0.05) is 15.9 Å². The number of rotatable bonds is 5. The van der Waals surface area contributed by atoms with Gasteiger partial charge in [0.2, 0.25) is 0 Å². The molecule has 0 radical (unpaired) electrons. The number of nitrogens with two attached hydrogens (primary N) is 1. The van der Waals surface area contributed by atoms with Gasteiger partial charge in [-0.2, -0.15) is 0 Å². The number of non-ortho nitro benzene ring substituents is 1. The Kier molecular flexibility index (Phi) is 4.89. The molecule has 1 aromatic heterocycles. The Hall–Kier alpha value is -1.97. The number of ether oxygens (including phenoxy) is 1. The highest BCUT2D eigenvalue weighted by atomic mass is 79.9. The van der Waals surface area contributed by atoms with Gasteiger partial charge in [0.05, 0.1) is 15.9 Å². The van der Waals surface area contributed by atoms with Gasteiger partial charge < -0.3 is 4.74 Å². The molecule has 0 bridgehead atoms.